The highest BCUT2D eigenvalue weighted by Crippen LogP contribution is 2.27. The molecule has 2 saturated heterocycles. The van der Waals surface area contributed by atoms with Gasteiger partial charge in [-0.2, -0.15) is 0 Å². The van der Waals surface area contributed by atoms with Gasteiger partial charge in [-0.15, -0.1) is 0 Å². The van der Waals surface area contributed by atoms with Crippen molar-refractivity contribution in [1.82, 2.24) is 15.1 Å². The smallest absolute Gasteiger partial charge is 0.242 e. The van der Waals surface area contributed by atoms with Crippen LogP contribution in [0.5, 0.6) is 0 Å². The molecule has 0 aromatic heterocycles. The van der Waals surface area contributed by atoms with Crippen molar-refractivity contribution in [2.24, 2.45) is 0 Å². The zero-order chi connectivity index (χ0) is 14.6. The summed E-state index contributed by atoms with van der Waals surface area (Å²) in [6.45, 7) is 8.57. The van der Waals surface area contributed by atoms with Gasteiger partial charge in [0.25, 0.3) is 0 Å². The molecule has 116 valence electrons. The minimum absolute atomic E-state index is 0.265. The predicted octanol–water partition coefficient (Wildman–Crippen LogP) is 1.85. The molecule has 2 fully saturated rings. The van der Waals surface area contributed by atoms with Crippen LogP contribution in [0, 0.1) is 0 Å². The van der Waals surface area contributed by atoms with Gasteiger partial charge in [-0.3, -0.25) is 9.69 Å². The maximum atomic E-state index is 12.9. The highest BCUT2D eigenvalue weighted by atomic mass is 16.2. The molecule has 2 aliphatic heterocycles. The zero-order valence-corrected chi connectivity index (χ0v) is 13.5. The molecule has 1 amide bonds. The molecule has 20 heavy (non-hydrogen) atoms. The Bertz CT molecular complexity index is 326. The molecule has 2 atom stereocenters. The molecule has 0 aromatic carbocycles. The second-order valence-corrected chi connectivity index (χ2v) is 6.47. The van der Waals surface area contributed by atoms with E-state index in [0.29, 0.717) is 11.9 Å². The summed E-state index contributed by atoms with van der Waals surface area (Å²) >= 11 is 0. The number of likely N-dealkylation sites (tertiary alicyclic amines) is 1. The van der Waals surface area contributed by atoms with Gasteiger partial charge in [0.15, 0.2) is 0 Å². The lowest BCUT2D eigenvalue weighted by molar-refractivity contribution is -0.137. The van der Waals surface area contributed by atoms with Gasteiger partial charge in [0.2, 0.25) is 5.91 Å². The number of hydrogen-bond acceptors (Lipinski definition) is 3. The molecule has 1 N–H and O–H groups in total. The molecule has 2 heterocycles. The molecule has 0 radical (unpaired) electrons. The summed E-state index contributed by atoms with van der Waals surface area (Å²) in [6, 6.07) is 0.564. The number of nitrogens with zero attached hydrogens (tertiary/aromatic N) is 2. The molecular formula is C16H31N3O. The van der Waals surface area contributed by atoms with Crippen LogP contribution in [0.15, 0.2) is 0 Å². The maximum Gasteiger partial charge on any atom is 0.242 e. The molecule has 0 saturated carbocycles. The van der Waals surface area contributed by atoms with Gasteiger partial charge in [0.05, 0.1) is 5.54 Å². The van der Waals surface area contributed by atoms with Gasteiger partial charge >= 0.3 is 0 Å². The van der Waals surface area contributed by atoms with Gasteiger partial charge < -0.3 is 10.2 Å². The zero-order valence-electron chi connectivity index (χ0n) is 13.5. The monoisotopic (exact) mass is 281 g/mol. The molecule has 2 rings (SSSR count). The summed E-state index contributed by atoms with van der Waals surface area (Å²) in [6.07, 6.45) is 6.68. The molecule has 4 heteroatoms. The topological polar surface area (TPSA) is 35.6 Å². The summed E-state index contributed by atoms with van der Waals surface area (Å²) in [5.74, 6) is 0.319. The highest BCUT2D eigenvalue weighted by molar-refractivity contribution is 5.86. The summed E-state index contributed by atoms with van der Waals surface area (Å²) in [5, 5.41) is 3.50. The van der Waals surface area contributed by atoms with Crippen molar-refractivity contribution in [3.8, 4) is 0 Å². The maximum absolute atomic E-state index is 12.9. The second-order valence-electron chi connectivity index (χ2n) is 6.47. The van der Waals surface area contributed by atoms with E-state index in [2.05, 4.69) is 24.1 Å². The Labute approximate surface area is 123 Å². The first kappa shape index (κ1) is 15.8. The molecule has 2 unspecified atom stereocenters. The van der Waals surface area contributed by atoms with E-state index in [1.54, 1.807) is 0 Å². The first-order valence-corrected chi connectivity index (χ1v) is 8.37. The Balaban J connectivity index is 1.96. The van der Waals surface area contributed by atoms with E-state index in [9.17, 15) is 4.79 Å². The van der Waals surface area contributed by atoms with Crippen LogP contribution in [0.2, 0.25) is 0 Å². The lowest BCUT2D eigenvalue weighted by Crippen LogP contribution is -2.55. The average Bonchev–Trinajstić information content (AvgIpc) is 3.08. The average molecular weight is 281 g/mol. The van der Waals surface area contributed by atoms with Crippen LogP contribution in [-0.2, 0) is 4.79 Å². The Morgan fingerprint density at radius 3 is 2.80 bits per heavy atom. The van der Waals surface area contributed by atoms with Crippen molar-refractivity contribution in [1.29, 1.82) is 0 Å². The lowest BCUT2D eigenvalue weighted by Gasteiger charge is -2.35. The minimum Gasteiger partial charge on any atom is -0.343 e. The number of amides is 1. The minimum atomic E-state index is -0.265. The largest absolute Gasteiger partial charge is 0.343 e. The van der Waals surface area contributed by atoms with E-state index in [1.807, 2.05) is 11.9 Å². The summed E-state index contributed by atoms with van der Waals surface area (Å²) in [4.78, 5) is 17.4. The van der Waals surface area contributed by atoms with Crippen molar-refractivity contribution in [3.63, 3.8) is 0 Å². The SMILES string of the molecule is CCCC1(C(=O)N(C)CC2CCCN2CC)CCCN1. The molecular weight excluding hydrogens is 250 g/mol. The number of hydrogen-bond donors (Lipinski definition) is 1. The van der Waals surface area contributed by atoms with E-state index < -0.39 is 0 Å². The van der Waals surface area contributed by atoms with E-state index >= 15 is 0 Å². The summed E-state index contributed by atoms with van der Waals surface area (Å²) in [5.41, 5.74) is -0.265. The standard InChI is InChI=1S/C16H31N3O/c1-4-9-16(10-7-11-17-16)15(20)18(3)13-14-8-6-12-19(14)5-2/h14,17H,4-13H2,1-3H3. The van der Waals surface area contributed by atoms with Crippen molar-refractivity contribution in [2.45, 2.75) is 64.0 Å². The number of carbonyl (C=O) groups is 1. The first-order valence-electron chi connectivity index (χ1n) is 8.37. The van der Waals surface area contributed by atoms with E-state index in [0.717, 1.165) is 45.3 Å². The molecule has 0 aliphatic carbocycles. The quantitative estimate of drug-likeness (QED) is 0.807. The number of likely N-dealkylation sites (N-methyl/N-ethyl adjacent to an activating group) is 2. The second kappa shape index (κ2) is 6.90. The van der Waals surface area contributed by atoms with E-state index in [-0.39, 0.29) is 5.54 Å². The third-order valence-corrected chi connectivity index (χ3v) is 5.07. The first-order chi connectivity index (χ1) is 9.63. The van der Waals surface area contributed by atoms with Gasteiger partial charge in [0.1, 0.15) is 0 Å². The van der Waals surface area contributed by atoms with E-state index in [1.165, 1.54) is 19.4 Å². The molecule has 0 bridgehead atoms. The molecule has 0 aromatic rings. The van der Waals surface area contributed by atoms with Crippen molar-refractivity contribution in [3.05, 3.63) is 0 Å². The normalized spacial score (nSPS) is 30.9. The van der Waals surface area contributed by atoms with Gasteiger partial charge in [-0.05, 0) is 51.7 Å². The van der Waals surface area contributed by atoms with Crippen LogP contribution in [0.3, 0.4) is 0 Å². The van der Waals surface area contributed by atoms with Gasteiger partial charge in [0, 0.05) is 19.6 Å². The van der Waals surface area contributed by atoms with Crippen LogP contribution in [0.1, 0.15) is 52.4 Å². The predicted molar refractivity (Wildman–Crippen MR) is 82.8 cm³/mol. The summed E-state index contributed by atoms with van der Waals surface area (Å²) < 4.78 is 0. The fourth-order valence-corrected chi connectivity index (χ4v) is 4.02. The lowest BCUT2D eigenvalue weighted by atomic mass is 9.90. The highest BCUT2D eigenvalue weighted by Gasteiger charge is 2.42. The van der Waals surface area contributed by atoms with Crippen molar-refractivity contribution >= 4 is 5.91 Å². The van der Waals surface area contributed by atoms with Crippen molar-refractivity contribution in [2.75, 3.05) is 33.2 Å². The van der Waals surface area contributed by atoms with E-state index in [4.69, 9.17) is 0 Å². The Morgan fingerprint density at radius 1 is 1.40 bits per heavy atom. The van der Waals surface area contributed by atoms with Crippen LogP contribution < -0.4 is 5.32 Å². The Morgan fingerprint density at radius 2 is 2.20 bits per heavy atom. The van der Waals surface area contributed by atoms with Gasteiger partial charge in [-0.1, -0.05) is 20.3 Å². The fourth-order valence-electron chi connectivity index (χ4n) is 4.02. The fraction of sp³-hybridized carbons (Fsp3) is 0.938. The molecule has 4 nitrogen and oxygen atoms in total. The number of carbonyl (C=O) groups excluding carboxylic acids is 1. The summed E-state index contributed by atoms with van der Waals surface area (Å²) in [7, 11) is 1.99. The van der Waals surface area contributed by atoms with Crippen LogP contribution in [-0.4, -0.2) is 60.5 Å². The number of rotatable bonds is 6. The van der Waals surface area contributed by atoms with Crippen LogP contribution >= 0.6 is 0 Å². The van der Waals surface area contributed by atoms with Crippen LogP contribution in [0.4, 0.5) is 0 Å². The Kier molecular flexibility index (Phi) is 5.44. The van der Waals surface area contributed by atoms with Gasteiger partial charge in [-0.25, -0.2) is 0 Å². The third kappa shape index (κ3) is 3.17. The Hall–Kier alpha value is -0.610. The number of nitrogens with one attached hydrogen (secondary N) is 1. The third-order valence-electron chi connectivity index (χ3n) is 5.07. The van der Waals surface area contributed by atoms with Crippen molar-refractivity contribution < 1.29 is 4.79 Å². The van der Waals surface area contributed by atoms with Crippen LogP contribution in [0.25, 0.3) is 0 Å². The molecule has 0 spiro atoms. The molecule has 2 aliphatic rings.